The number of nitrogens with one attached hydrogen (secondary N) is 1. The highest BCUT2D eigenvalue weighted by Crippen LogP contribution is 2.23. The smallest absolute Gasteiger partial charge is 0.238 e. The highest BCUT2D eigenvalue weighted by molar-refractivity contribution is 7.89. The molecule has 0 bridgehead atoms. The summed E-state index contributed by atoms with van der Waals surface area (Å²) in [5.74, 6) is -0.184. The molecule has 116 valence electrons. The van der Waals surface area contributed by atoms with Crippen LogP contribution in [0.15, 0.2) is 23.1 Å². The molecule has 0 aliphatic carbocycles. The van der Waals surface area contributed by atoms with E-state index in [0.717, 1.165) is 19.3 Å². The zero-order valence-corrected chi connectivity index (χ0v) is 12.8. The van der Waals surface area contributed by atoms with Crippen molar-refractivity contribution in [3.63, 3.8) is 0 Å². The third-order valence-electron chi connectivity index (χ3n) is 3.55. The first-order valence-electron chi connectivity index (χ1n) is 6.92. The van der Waals surface area contributed by atoms with Crippen LogP contribution in [0.5, 0.6) is 0 Å². The normalized spacial score (nSPS) is 19.2. The van der Waals surface area contributed by atoms with Gasteiger partial charge in [0.2, 0.25) is 15.9 Å². The zero-order chi connectivity index (χ0) is 15.5. The molecular weight excluding hydrogens is 292 g/mol. The molecule has 0 saturated carbocycles. The molecule has 0 aromatic heterocycles. The lowest BCUT2D eigenvalue weighted by molar-refractivity contribution is -0.119. The predicted molar refractivity (Wildman–Crippen MR) is 79.4 cm³/mol. The van der Waals surface area contributed by atoms with Crippen molar-refractivity contribution in [2.45, 2.75) is 43.6 Å². The molecule has 21 heavy (non-hydrogen) atoms. The van der Waals surface area contributed by atoms with E-state index in [1.807, 2.05) is 0 Å². The van der Waals surface area contributed by atoms with E-state index in [9.17, 15) is 13.2 Å². The second-order valence-electron chi connectivity index (χ2n) is 5.21. The van der Waals surface area contributed by atoms with Gasteiger partial charge in [-0.15, -0.1) is 0 Å². The Morgan fingerprint density at radius 2 is 2.19 bits per heavy atom. The average Bonchev–Trinajstić information content (AvgIpc) is 2.41. The van der Waals surface area contributed by atoms with Gasteiger partial charge in [-0.2, -0.15) is 0 Å². The standard InChI is InChI=1S/C14H20N2O4S/c1-10-12(6-4-7-13(10)21(15,18)19)16-14(17)9-11-5-2-3-8-20-11/h4,6-7,11H,2-3,5,8-9H2,1H3,(H,16,17)(H2,15,18,19). The highest BCUT2D eigenvalue weighted by Gasteiger charge is 2.19. The molecule has 1 unspecified atom stereocenters. The minimum Gasteiger partial charge on any atom is -0.378 e. The van der Waals surface area contributed by atoms with Crippen LogP contribution in [0.4, 0.5) is 5.69 Å². The van der Waals surface area contributed by atoms with Crippen molar-refractivity contribution in [2.24, 2.45) is 5.14 Å². The first-order chi connectivity index (χ1) is 9.88. The summed E-state index contributed by atoms with van der Waals surface area (Å²) in [4.78, 5) is 12.0. The van der Waals surface area contributed by atoms with E-state index >= 15 is 0 Å². The lowest BCUT2D eigenvalue weighted by Gasteiger charge is -2.22. The van der Waals surface area contributed by atoms with Gasteiger partial charge in [-0.05, 0) is 43.9 Å². The minimum absolute atomic E-state index is 0.0224. The number of carbonyl (C=O) groups is 1. The molecule has 0 spiro atoms. The second-order valence-corrected chi connectivity index (χ2v) is 6.74. The number of benzene rings is 1. The number of carbonyl (C=O) groups excluding carboxylic acids is 1. The van der Waals surface area contributed by atoms with Crippen LogP contribution in [0.1, 0.15) is 31.2 Å². The summed E-state index contributed by atoms with van der Waals surface area (Å²) in [7, 11) is -3.79. The first-order valence-corrected chi connectivity index (χ1v) is 8.46. The van der Waals surface area contributed by atoms with Crippen molar-refractivity contribution in [2.75, 3.05) is 11.9 Å². The maximum atomic E-state index is 12.0. The predicted octanol–water partition coefficient (Wildman–Crippen LogP) is 1.54. The molecule has 1 aliphatic rings. The van der Waals surface area contributed by atoms with Gasteiger partial charge in [-0.25, -0.2) is 13.6 Å². The van der Waals surface area contributed by atoms with Gasteiger partial charge in [0.25, 0.3) is 0 Å². The van der Waals surface area contributed by atoms with Crippen LogP contribution in [-0.4, -0.2) is 27.0 Å². The molecule has 1 aromatic carbocycles. The first kappa shape index (κ1) is 15.9. The molecule has 1 fully saturated rings. The van der Waals surface area contributed by atoms with Crippen molar-refractivity contribution in [1.82, 2.24) is 0 Å². The number of amides is 1. The van der Waals surface area contributed by atoms with Gasteiger partial charge >= 0.3 is 0 Å². The van der Waals surface area contributed by atoms with E-state index < -0.39 is 10.0 Å². The van der Waals surface area contributed by atoms with Gasteiger partial charge < -0.3 is 10.1 Å². The fraction of sp³-hybridized carbons (Fsp3) is 0.500. The van der Waals surface area contributed by atoms with E-state index in [4.69, 9.17) is 9.88 Å². The summed E-state index contributed by atoms with van der Waals surface area (Å²) in [6.07, 6.45) is 3.20. The molecule has 1 atom stereocenters. The van der Waals surface area contributed by atoms with E-state index in [0.29, 0.717) is 17.9 Å². The van der Waals surface area contributed by atoms with Gasteiger partial charge in [0, 0.05) is 12.3 Å². The molecule has 1 aliphatic heterocycles. The Hall–Kier alpha value is -1.44. The Morgan fingerprint density at radius 3 is 2.81 bits per heavy atom. The molecule has 7 heteroatoms. The van der Waals surface area contributed by atoms with Crippen LogP contribution in [0.3, 0.4) is 0 Å². The topological polar surface area (TPSA) is 98.5 Å². The third kappa shape index (κ3) is 4.26. The Kier molecular flexibility index (Phi) is 4.97. The van der Waals surface area contributed by atoms with Crippen molar-refractivity contribution in [3.05, 3.63) is 23.8 Å². The zero-order valence-electron chi connectivity index (χ0n) is 12.0. The quantitative estimate of drug-likeness (QED) is 0.881. The average molecular weight is 312 g/mol. The number of sulfonamides is 1. The fourth-order valence-electron chi connectivity index (χ4n) is 2.43. The van der Waals surface area contributed by atoms with Crippen LogP contribution in [0.2, 0.25) is 0 Å². The van der Waals surface area contributed by atoms with Gasteiger partial charge in [-0.3, -0.25) is 4.79 Å². The summed E-state index contributed by atoms with van der Waals surface area (Å²) in [5.41, 5.74) is 0.903. The van der Waals surface area contributed by atoms with Crippen LogP contribution < -0.4 is 10.5 Å². The summed E-state index contributed by atoms with van der Waals surface area (Å²) in [5, 5.41) is 7.88. The fourth-order valence-corrected chi connectivity index (χ4v) is 3.24. The molecular formula is C14H20N2O4S. The molecule has 1 aromatic rings. The minimum atomic E-state index is -3.79. The molecule has 1 heterocycles. The lowest BCUT2D eigenvalue weighted by Crippen LogP contribution is -2.26. The molecule has 6 nitrogen and oxygen atoms in total. The number of nitrogens with two attached hydrogens (primary N) is 1. The van der Waals surface area contributed by atoms with E-state index in [2.05, 4.69) is 5.32 Å². The Labute approximate surface area is 124 Å². The van der Waals surface area contributed by atoms with E-state index in [1.54, 1.807) is 19.1 Å². The summed E-state index contributed by atoms with van der Waals surface area (Å²) < 4.78 is 28.4. The van der Waals surface area contributed by atoms with Crippen LogP contribution in [0, 0.1) is 6.92 Å². The van der Waals surface area contributed by atoms with Crippen LogP contribution in [-0.2, 0) is 19.6 Å². The number of rotatable bonds is 4. The molecule has 1 amide bonds. The lowest BCUT2D eigenvalue weighted by atomic mass is 10.1. The summed E-state index contributed by atoms with van der Waals surface area (Å²) in [6, 6.07) is 4.63. The highest BCUT2D eigenvalue weighted by atomic mass is 32.2. The van der Waals surface area contributed by atoms with Gasteiger partial charge in [0.05, 0.1) is 17.4 Å². The van der Waals surface area contributed by atoms with Gasteiger partial charge in [-0.1, -0.05) is 6.07 Å². The van der Waals surface area contributed by atoms with Crippen molar-refractivity contribution < 1.29 is 17.9 Å². The largest absolute Gasteiger partial charge is 0.378 e. The van der Waals surface area contributed by atoms with Crippen molar-refractivity contribution in [3.8, 4) is 0 Å². The number of hydrogen-bond donors (Lipinski definition) is 2. The summed E-state index contributed by atoms with van der Waals surface area (Å²) in [6.45, 7) is 2.31. The monoisotopic (exact) mass is 312 g/mol. The molecule has 3 N–H and O–H groups in total. The van der Waals surface area contributed by atoms with Gasteiger partial charge in [0.1, 0.15) is 0 Å². The van der Waals surface area contributed by atoms with Crippen LogP contribution >= 0.6 is 0 Å². The Balaban J connectivity index is 2.07. The van der Waals surface area contributed by atoms with E-state index in [-0.39, 0.29) is 23.3 Å². The maximum absolute atomic E-state index is 12.0. The van der Waals surface area contributed by atoms with Crippen molar-refractivity contribution >= 4 is 21.6 Å². The Bertz CT molecular complexity index is 622. The number of ether oxygens (including phenoxy) is 1. The van der Waals surface area contributed by atoms with Crippen LogP contribution in [0.25, 0.3) is 0 Å². The number of anilines is 1. The number of primary sulfonamides is 1. The van der Waals surface area contributed by atoms with Gasteiger partial charge in [0.15, 0.2) is 0 Å². The van der Waals surface area contributed by atoms with E-state index in [1.165, 1.54) is 6.07 Å². The Morgan fingerprint density at radius 1 is 1.43 bits per heavy atom. The number of hydrogen-bond acceptors (Lipinski definition) is 4. The summed E-state index contributed by atoms with van der Waals surface area (Å²) >= 11 is 0. The van der Waals surface area contributed by atoms with Crippen molar-refractivity contribution in [1.29, 1.82) is 0 Å². The third-order valence-corrected chi connectivity index (χ3v) is 4.61. The molecule has 0 radical (unpaired) electrons. The molecule has 2 rings (SSSR count). The maximum Gasteiger partial charge on any atom is 0.238 e. The molecule has 1 saturated heterocycles. The second kappa shape index (κ2) is 6.55. The SMILES string of the molecule is Cc1c(NC(=O)CC2CCCCO2)cccc1S(N)(=O)=O.